The quantitative estimate of drug-likeness (QED) is 0.431. The van der Waals surface area contributed by atoms with Gasteiger partial charge in [0.05, 0.1) is 12.8 Å². The van der Waals surface area contributed by atoms with Crippen molar-refractivity contribution in [3.63, 3.8) is 0 Å². The maximum Gasteiger partial charge on any atom is 0.171 e. The minimum absolute atomic E-state index is 0.189. The van der Waals surface area contributed by atoms with E-state index in [0.29, 0.717) is 22.4 Å². The van der Waals surface area contributed by atoms with Gasteiger partial charge in [-0.2, -0.15) is 0 Å². The van der Waals surface area contributed by atoms with Gasteiger partial charge in [-0.1, -0.05) is 6.07 Å². The van der Waals surface area contributed by atoms with Crippen molar-refractivity contribution in [3.8, 4) is 11.1 Å². The summed E-state index contributed by atoms with van der Waals surface area (Å²) in [5.74, 6) is -1.43. The minimum atomic E-state index is -0.430. The Labute approximate surface area is 163 Å². The molecule has 0 atom stereocenters. The summed E-state index contributed by atoms with van der Waals surface area (Å²) in [6.45, 7) is 6.14. The van der Waals surface area contributed by atoms with Crippen molar-refractivity contribution in [2.45, 2.75) is 40.5 Å². The summed E-state index contributed by atoms with van der Waals surface area (Å²) in [7, 11) is 0. The number of hydrogen-bond donors (Lipinski definition) is 2. The van der Waals surface area contributed by atoms with Gasteiger partial charge in [0.1, 0.15) is 11.6 Å². The second kappa shape index (κ2) is 8.17. The number of rotatable bonds is 7. The lowest BCUT2D eigenvalue weighted by atomic mass is 9.84. The molecule has 0 aliphatic heterocycles. The molecule has 2 aromatic rings. The predicted octanol–water partition coefficient (Wildman–Crippen LogP) is 3.46. The van der Waals surface area contributed by atoms with Crippen molar-refractivity contribution in [1.29, 1.82) is 0 Å². The zero-order valence-corrected chi connectivity index (χ0v) is 16.5. The van der Waals surface area contributed by atoms with E-state index < -0.39 is 11.6 Å². The number of nitrogens with two attached hydrogens (primary N) is 2. The number of anilines is 2. The van der Waals surface area contributed by atoms with Gasteiger partial charge >= 0.3 is 0 Å². The Balaban J connectivity index is 2.88. The lowest BCUT2D eigenvalue weighted by Gasteiger charge is -2.19. The molecule has 2 aromatic carbocycles. The van der Waals surface area contributed by atoms with E-state index in [2.05, 4.69) is 0 Å². The molecule has 0 saturated heterocycles. The zero-order valence-electron chi connectivity index (χ0n) is 16.5. The summed E-state index contributed by atoms with van der Waals surface area (Å²) < 4.78 is 0. The summed E-state index contributed by atoms with van der Waals surface area (Å²) in [5.41, 5.74) is 15.5. The number of hydrogen-bond acceptors (Lipinski definition) is 6. The van der Waals surface area contributed by atoms with Gasteiger partial charge in [-0.25, -0.2) is 0 Å². The van der Waals surface area contributed by atoms with Crippen LogP contribution in [0, 0.1) is 13.8 Å². The molecule has 0 aromatic heterocycles. The van der Waals surface area contributed by atoms with Gasteiger partial charge in [0, 0.05) is 28.1 Å². The first-order valence-electron chi connectivity index (χ1n) is 8.87. The highest BCUT2D eigenvalue weighted by atomic mass is 16.2. The highest BCUT2D eigenvalue weighted by molar-refractivity contribution is 6.18. The number of aryl methyl sites for hydroxylation is 1. The molecule has 0 bridgehead atoms. The average molecular weight is 380 g/mol. The molecule has 0 amide bonds. The molecule has 0 saturated carbocycles. The van der Waals surface area contributed by atoms with Crippen LogP contribution in [0.5, 0.6) is 0 Å². The second-order valence-electron chi connectivity index (χ2n) is 7.06. The first-order chi connectivity index (χ1) is 13.0. The molecule has 146 valence electrons. The molecule has 0 spiro atoms. The molecule has 0 aliphatic rings. The molecular formula is C22H24N2O4. The smallest absolute Gasteiger partial charge is 0.171 e. The van der Waals surface area contributed by atoms with Crippen LogP contribution in [0.4, 0.5) is 11.4 Å². The van der Waals surface area contributed by atoms with E-state index in [9.17, 15) is 19.2 Å². The number of ketones is 4. The lowest BCUT2D eigenvalue weighted by Crippen LogP contribution is -2.15. The van der Waals surface area contributed by atoms with E-state index in [1.807, 2.05) is 6.92 Å². The van der Waals surface area contributed by atoms with Gasteiger partial charge in [-0.05, 0) is 62.6 Å². The highest BCUT2D eigenvalue weighted by Gasteiger charge is 2.25. The van der Waals surface area contributed by atoms with E-state index in [0.717, 1.165) is 5.56 Å². The highest BCUT2D eigenvalue weighted by Crippen LogP contribution is 2.36. The maximum atomic E-state index is 12.9. The lowest BCUT2D eigenvalue weighted by molar-refractivity contribution is -0.117. The van der Waals surface area contributed by atoms with Gasteiger partial charge in [0.2, 0.25) is 0 Å². The molecule has 4 N–H and O–H groups in total. The summed E-state index contributed by atoms with van der Waals surface area (Å²) in [6.07, 6.45) is -0.602. The first-order valence-corrected chi connectivity index (χ1v) is 8.87. The van der Waals surface area contributed by atoms with Crippen LogP contribution in [0.1, 0.15) is 58.5 Å². The monoisotopic (exact) mass is 380 g/mol. The molecule has 6 nitrogen and oxygen atoms in total. The van der Waals surface area contributed by atoms with E-state index in [1.54, 1.807) is 25.1 Å². The fraction of sp³-hybridized carbons (Fsp3) is 0.273. The fourth-order valence-corrected chi connectivity index (χ4v) is 3.14. The van der Waals surface area contributed by atoms with Crippen LogP contribution in [0.15, 0.2) is 24.3 Å². The Bertz CT molecular complexity index is 1010. The van der Waals surface area contributed by atoms with Crippen LogP contribution in [0.3, 0.4) is 0 Å². The summed E-state index contributed by atoms with van der Waals surface area (Å²) in [5, 5.41) is 0. The van der Waals surface area contributed by atoms with Crippen molar-refractivity contribution >= 4 is 34.5 Å². The largest absolute Gasteiger partial charge is 0.399 e. The standard InChI is InChI=1S/C22H24N2O4/c1-11-7-15(5-6-17(11)23)22-16(19(27)8-12(2)25)10-18(24)14(4)21(22)20(28)9-13(3)26/h5-7,10H,8-9,23-24H2,1-4H3. The van der Waals surface area contributed by atoms with Crippen molar-refractivity contribution in [3.05, 3.63) is 46.5 Å². The van der Waals surface area contributed by atoms with Gasteiger partial charge in [0.15, 0.2) is 11.6 Å². The predicted molar refractivity (Wildman–Crippen MR) is 109 cm³/mol. The maximum absolute atomic E-state index is 12.9. The number of nitrogen functional groups attached to an aromatic ring is 2. The van der Waals surface area contributed by atoms with Crippen LogP contribution >= 0.6 is 0 Å². The van der Waals surface area contributed by atoms with Crippen LogP contribution in [0.25, 0.3) is 11.1 Å². The topological polar surface area (TPSA) is 120 Å². The van der Waals surface area contributed by atoms with Gasteiger partial charge in [0.25, 0.3) is 0 Å². The van der Waals surface area contributed by atoms with Crippen LogP contribution in [-0.2, 0) is 9.59 Å². The van der Waals surface area contributed by atoms with E-state index in [1.165, 1.54) is 19.9 Å². The Morgan fingerprint density at radius 3 is 1.93 bits per heavy atom. The van der Waals surface area contributed by atoms with Gasteiger partial charge in [-0.3, -0.25) is 19.2 Å². The number of carbonyl (C=O) groups excluding carboxylic acids is 4. The molecule has 28 heavy (non-hydrogen) atoms. The molecular weight excluding hydrogens is 356 g/mol. The normalized spacial score (nSPS) is 10.6. The third-order valence-electron chi connectivity index (χ3n) is 4.58. The summed E-state index contributed by atoms with van der Waals surface area (Å²) >= 11 is 0. The van der Waals surface area contributed by atoms with Crippen molar-refractivity contribution in [2.75, 3.05) is 11.5 Å². The summed E-state index contributed by atoms with van der Waals surface area (Å²) in [6, 6.07) is 6.67. The first kappa shape index (κ1) is 21.0. The third kappa shape index (κ3) is 4.34. The van der Waals surface area contributed by atoms with Crippen LogP contribution in [-0.4, -0.2) is 23.1 Å². The van der Waals surface area contributed by atoms with Crippen molar-refractivity contribution in [2.24, 2.45) is 0 Å². The van der Waals surface area contributed by atoms with E-state index in [-0.39, 0.29) is 41.2 Å². The Morgan fingerprint density at radius 1 is 0.821 bits per heavy atom. The zero-order chi connectivity index (χ0) is 21.2. The number of benzene rings is 2. The Hall–Kier alpha value is -3.28. The molecule has 0 radical (unpaired) electrons. The summed E-state index contributed by atoms with van der Waals surface area (Å²) in [4.78, 5) is 48.7. The van der Waals surface area contributed by atoms with Crippen molar-refractivity contribution < 1.29 is 19.2 Å². The van der Waals surface area contributed by atoms with Crippen LogP contribution in [0.2, 0.25) is 0 Å². The van der Waals surface area contributed by atoms with Crippen molar-refractivity contribution in [1.82, 2.24) is 0 Å². The van der Waals surface area contributed by atoms with Gasteiger partial charge < -0.3 is 11.5 Å². The Kier molecular flexibility index (Phi) is 6.13. The number of carbonyl (C=O) groups is 4. The molecule has 2 rings (SSSR count). The molecule has 0 fully saturated rings. The molecule has 0 heterocycles. The second-order valence-corrected chi connectivity index (χ2v) is 7.06. The fourth-order valence-electron chi connectivity index (χ4n) is 3.14. The van der Waals surface area contributed by atoms with E-state index in [4.69, 9.17) is 11.5 Å². The van der Waals surface area contributed by atoms with E-state index >= 15 is 0 Å². The SMILES string of the molecule is CC(=O)CC(=O)c1cc(N)c(C)c(C(=O)CC(C)=O)c1-c1ccc(N)c(C)c1. The molecule has 0 aliphatic carbocycles. The minimum Gasteiger partial charge on any atom is -0.399 e. The molecule has 6 heteroatoms. The average Bonchev–Trinajstić information content (AvgIpc) is 2.57. The van der Waals surface area contributed by atoms with Crippen LogP contribution < -0.4 is 11.5 Å². The number of Topliss-reactive ketones (excluding diaryl/α,β-unsaturated/α-hetero) is 4. The molecule has 0 unspecified atom stereocenters. The van der Waals surface area contributed by atoms with Gasteiger partial charge in [-0.15, -0.1) is 0 Å². The third-order valence-corrected chi connectivity index (χ3v) is 4.58. The Morgan fingerprint density at radius 2 is 1.39 bits per heavy atom.